The highest BCUT2D eigenvalue weighted by Gasteiger charge is 2.21. The van der Waals surface area contributed by atoms with Crippen molar-refractivity contribution in [1.82, 2.24) is 5.32 Å². The van der Waals surface area contributed by atoms with Crippen LogP contribution in [0.5, 0.6) is 11.5 Å². The van der Waals surface area contributed by atoms with E-state index in [-0.39, 0.29) is 0 Å². The molecular formula is C16H26N2O2. The van der Waals surface area contributed by atoms with E-state index in [2.05, 4.69) is 23.2 Å². The molecule has 1 heterocycles. The Bertz CT molecular complexity index is 423. The molecule has 1 aliphatic heterocycles. The van der Waals surface area contributed by atoms with Crippen LogP contribution < -0.4 is 19.7 Å². The van der Waals surface area contributed by atoms with Crippen LogP contribution in [-0.4, -0.2) is 39.9 Å². The van der Waals surface area contributed by atoms with Gasteiger partial charge in [0.2, 0.25) is 0 Å². The zero-order valence-electron chi connectivity index (χ0n) is 12.8. The monoisotopic (exact) mass is 278 g/mol. The van der Waals surface area contributed by atoms with Gasteiger partial charge in [0.1, 0.15) is 11.5 Å². The maximum atomic E-state index is 5.52. The van der Waals surface area contributed by atoms with Crippen molar-refractivity contribution < 1.29 is 9.47 Å². The summed E-state index contributed by atoms with van der Waals surface area (Å²) in [5.74, 6) is 1.73. The quantitative estimate of drug-likeness (QED) is 0.867. The topological polar surface area (TPSA) is 33.7 Å². The smallest absolute Gasteiger partial charge is 0.145 e. The van der Waals surface area contributed by atoms with Crippen molar-refractivity contribution in [2.75, 3.05) is 38.8 Å². The molecule has 1 atom stereocenters. The largest absolute Gasteiger partial charge is 0.497 e. The highest BCUT2D eigenvalue weighted by atomic mass is 16.5. The first-order valence-electron chi connectivity index (χ1n) is 7.48. The van der Waals surface area contributed by atoms with Crippen LogP contribution in [0.15, 0.2) is 18.2 Å². The van der Waals surface area contributed by atoms with Crippen LogP contribution in [0.4, 0.5) is 5.69 Å². The number of hydrogen-bond acceptors (Lipinski definition) is 4. The van der Waals surface area contributed by atoms with Gasteiger partial charge in [-0.15, -0.1) is 0 Å². The van der Waals surface area contributed by atoms with E-state index in [1.807, 2.05) is 12.1 Å². The van der Waals surface area contributed by atoms with Gasteiger partial charge in [-0.3, -0.25) is 0 Å². The molecule has 1 aliphatic rings. The van der Waals surface area contributed by atoms with Gasteiger partial charge in [0.15, 0.2) is 0 Å². The first kappa shape index (κ1) is 15.0. The molecule has 1 unspecified atom stereocenters. The summed E-state index contributed by atoms with van der Waals surface area (Å²) in [5, 5.41) is 3.62. The number of hydrogen-bond donors (Lipinski definition) is 1. The molecule has 1 N–H and O–H groups in total. The van der Waals surface area contributed by atoms with Crippen molar-refractivity contribution >= 4 is 5.69 Å². The zero-order valence-corrected chi connectivity index (χ0v) is 12.8. The van der Waals surface area contributed by atoms with E-state index in [0.29, 0.717) is 6.04 Å². The van der Waals surface area contributed by atoms with Crippen LogP contribution >= 0.6 is 0 Å². The maximum absolute atomic E-state index is 5.52. The second-order valence-corrected chi connectivity index (χ2v) is 5.28. The van der Waals surface area contributed by atoms with Crippen LogP contribution in [0.2, 0.25) is 0 Å². The number of methoxy groups -OCH3 is 2. The Labute approximate surface area is 122 Å². The van der Waals surface area contributed by atoms with Gasteiger partial charge < -0.3 is 19.7 Å². The Balaban J connectivity index is 2.09. The molecule has 0 amide bonds. The molecule has 0 saturated carbocycles. The minimum atomic E-state index is 0.579. The van der Waals surface area contributed by atoms with Gasteiger partial charge in [-0.25, -0.2) is 0 Å². The van der Waals surface area contributed by atoms with Gasteiger partial charge in [-0.1, -0.05) is 6.92 Å². The summed E-state index contributed by atoms with van der Waals surface area (Å²) in [7, 11) is 3.40. The number of benzene rings is 1. The third-order valence-corrected chi connectivity index (χ3v) is 3.83. The lowest BCUT2D eigenvalue weighted by Crippen LogP contribution is -2.46. The van der Waals surface area contributed by atoms with Crippen molar-refractivity contribution in [3.8, 4) is 11.5 Å². The highest BCUT2D eigenvalue weighted by Crippen LogP contribution is 2.33. The first-order chi connectivity index (χ1) is 9.78. The number of rotatable bonds is 6. The normalized spacial score (nSPS) is 18.9. The summed E-state index contributed by atoms with van der Waals surface area (Å²) in [4.78, 5) is 2.41. The fourth-order valence-electron chi connectivity index (χ4n) is 2.76. The van der Waals surface area contributed by atoms with Gasteiger partial charge in [0.05, 0.1) is 19.9 Å². The molecule has 20 heavy (non-hydrogen) atoms. The molecule has 1 fully saturated rings. The molecule has 1 aromatic rings. The molecule has 2 rings (SSSR count). The lowest BCUT2D eigenvalue weighted by molar-refractivity contribution is 0.388. The van der Waals surface area contributed by atoms with E-state index in [1.54, 1.807) is 14.2 Å². The molecule has 0 bridgehead atoms. The molecular weight excluding hydrogens is 252 g/mol. The number of nitrogens with zero attached hydrogens (tertiary/aromatic N) is 1. The number of anilines is 1. The average Bonchev–Trinajstić information content (AvgIpc) is 2.52. The molecule has 0 spiro atoms. The summed E-state index contributed by atoms with van der Waals surface area (Å²) < 4.78 is 10.8. The molecule has 4 heteroatoms. The molecule has 0 aliphatic carbocycles. The van der Waals surface area contributed by atoms with E-state index < -0.39 is 0 Å². The van der Waals surface area contributed by atoms with Crippen LogP contribution in [-0.2, 0) is 0 Å². The summed E-state index contributed by atoms with van der Waals surface area (Å²) in [6, 6.07) is 6.63. The summed E-state index contributed by atoms with van der Waals surface area (Å²) in [6.45, 7) is 5.44. The fraction of sp³-hybridized carbons (Fsp3) is 0.625. The highest BCUT2D eigenvalue weighted by molar-refractivity contribution is 5.61. The Hall–Kier alpha value is -1.42. The predicted octanol–water partition coefficient (Wildman–Crippen LogP) is 2.67. The van der Waals surface area contributed by atoms with E-state index in [1.165, 1.54) is 19.3 Å². The van der Waals surface area contributed by atoms with Crippen molar-refractivity contribution in [3.63, 3.8) is 0 Å². The average molecular weight is 278 g/mol. The maximum Gasteiger partial charge on any atom is 0.145 e. The van der Waals surface area contributed by atoms with Crippen LogP contribution in [0.3, 0.4) is 0 Å². The molecule has 4 nitrogen and oxygen atoms in total. The minimum absolute atomic E-state index is 0.579. The van der Waals surface area contributed by atoms with Crippen LogP contribution in [0.1, 0.15) is 26.2 Å². The number of piperidine rings is 1. The van der Waals surface area contributed by atoms with Crippen LogP contribution in [0.25, 0.3) is 0 Å². The first-order valence-corrected chi connectivity index (χ1v) is 7.48. The summed E-state index contributed by atoms with van der Waals surface area (Å²) in [6.07, 6.45) is 3.66. The summed E-state index contributed by atoms with van der Waals surface area (Å²) >= 11 is 0. The summed E-state index contributed by atoms with van der Waals surface area (Å²) in [5.41, 5.74) is 1.16. The van der Waals surface area contributed by atoms with E-state index in [4.69, 9.17) is 9.47 Å². The van der Waals surface area contributed by atoms with Gasteiger partial charge >= 0.3 is 0 Å². The molecule has 112 valence electrons. The van der Waals surface area contributed by atoms with E-state index in [0.717, 1.165) is 36.8 Å². The third kappa shape index (κ3) is 3.57. The van der Waals surface area contributed by atoms with E-state index >= 15 is 0 Å². The number of nitrogens with one attached hydrogen (secondary N) is 1. The van der Waals surface area contributed by atoms with Crippen molar-refractivity contribution in [2.45, 2.75) is 32.2 Å². The molecule has 1 saturated heterocycles. The lowest BCUT2D eigenvalue weighted by Gasteiger charge is -2.35. The Morgan fingerprint density at radius 2 is 2.15 bits per heavy atom. The second kappa shape index (κ2) is 7.39. The Kier molecular flexibility index (Phi) is 5.53. The predicted molar refractivity (Wildman–Crippen MR) is 83.1 cm³/mol. The SMILES string of the molecule is CCCNC1CCCN(c2ccc(OC)cc2OC)C1. The van der Waals surface area contributed by atoms with Gasteiger partial charge in [0, 0.05) is 25.2 Å². The Morgan fingerprint density at radius 3 is 2.85 bits per heavy atom. The van der Waals surface area contributed by atoms with Crippen molar-refractivity contribution in [1.29, 1.82) is 0 Å². The van der Waals surface area contributed by atoms with Gasteiger partial charge in [-0.05, 0) is 37.9 Å². The lowest BCUT2D eigenvalue weighted by atomic mass is 10.0. The fourth-order valence-corrected chi connectivity index (χ4v) is 2.76. The van der Waals surface area contributed by atoms with Crippen LogP contribution in [0, 0.1) is 0 Å². The van der Waals surface area contributed by atoms with Crippen molar-refractivity contribution in [3.05, 3.63) is 18.2 Å². The second-order valence-electron chi connectivity index (χ2n) is 5.28. The third-order valence-electron chi connectivity index (χ3n) is 3.83. The zero-order chi connectivity index (χ0) is 14.4. The standard InChI is InChI=1S/C16H26N2O2/c1-4-9-17-13-6-5-10-18(12-13)15-8-7-14(19-2)11-16(15)20-3/h7-8,11,13,17H,4-6,9-10,12H2,1-3H3. The minimum Gasteiger partial charge on any atom is -0.497 e. The van der Waals surface area contributed by atoms with E-state index in [9.17, 15) is 0 Å². The van der Waals surface area contributed by atoms with Crippen molar-refractivity contribution in [2.24, 2.45) is 0 Å². The molecule has 0 radical (unpaired) electrons. The molecule has 1 aromatic carbocycles. The Morgan fingerprint density at radius 1 is 1.30 bits per heavy atom. The van der Waals surface area contributed by atoms with Gasteiger partial charge in [-0.2, -0.15) is 0 Å². The number of ether oxygens (including phenoxy) is 2. The van der Waals surface area contributed by atoms with Gasteiger partial charge in [0.25, 0.3) is 0 Å². The molecule has 0 aromatic heterocycles.